The molecule has 3 aliphatic rings. The molecule has 37 heavy (non-hydrogen) atoms. The summed E-state index contributed by atoms with van der Waals surface area (Å²) >= 11 is 0. The molecule has 0 spiro atoms. The summed E-state index contributed by atoms with van der Waals surface area (Å²) in [6.45, 7) is 10.9. The van der Waals surface area contributed by atoms with Crippen LogP contribution >= 0.6 is 0 Å². The van der Waals surface area contributed by atoms with E-state index in [-0.39, 0.29) is 19.8 Å². The number of nitrogens with zero attached hydrogens (tertiary/aromatic N) is 1. The highest BCUT2D eigenvalue weighted by atomic mass is 28.4. The van der Waals surface area contributed by atoms with E-state index in [2.05, 4.69) is 4.90 Å². The lowest BCUT2D eigenvalue weighted by molar-refractivity contribution is -0.0496. The molecule has 1 aromatic carbocycles. The Balaban J connectivity index is 1.69. The lowest BCUT2D eigenvalue weighted by atomic mass is 10.2. The Labute approximate surface area is 221 Å². The second-order valence-electron chi connectivity index (χ2n) is 8.48. The molecule has 0 saturated carbocycles. The van der Waals surface area contributed by atoms with Crippen molar-refractivity contribution in [3.8, 4) is 5.75 Å². The Hall–Kier alpha value is -1.16. The molecule has 11 nitrogen and oxygen atoms in total. The van der Waals surface area contributed by atoms with Crippen molar-refractivity contribution in [2.24, 2.45) is 0 Å². The van der Waals surface area contributed by atoms with Crippen LogP contribution in [-0.2, 0) is 41.7 Å². The highest BCUT2D eigenvalue weighted by molar-refractivity contribution is 6.54. The molecule has 0 aromatic heterocycles. The lowest BCUT2D eigenvalue weighted by Crippen LogP contribution is -2.53. The van der Waals surface area contributed by atoms with Crippen LogP contribution in [0.5, 0.6) is 5.75 Å². The van der Waals surface area contributed by atoms with Crippen LogP contribution in [0.3, 0.4) is 0 Å². The highest BCUT2D eigenvalue weighted by Gasteiger charge is 2.49. The predicted octanol–water partition coefficient (Wildman–Crippen LogP) is 1.29. The van der Waals surface area contributed by atoms with Crippen LogP contribution in [0.4, 0.5) is 0 Å². The van der Waals surface area contributed by atoms with Crippen LogP contribution in [0.15, 0.2) is 24.3 Å². The van der Waals surface area contributed by atoms with Gasteiger partial charge in [0.05, 0.1) is 99.1 Å². The summed E-state index contributed by atoms with van der Waals surface area (Å²) in [6, 6.07) is 7.68. The molecule has 1 aromatic rings. The summed E-state index contributed by atoms with van der Waals surface area (Å²) in [6.07, 6.45) is 0. The standard InChI is InChI=1S/C25H43NO10Si/c1-24-2-4-25(5-3-24)36-37-33-21-18-30-15-12-27-9-6-26(7-10-28-13-16-31-19-22-34-37)8-11-29-14-17-32-20-23-35-37/h2-5H,6-23H2,1H3. The second kappa shape index (κ2) is 19.0. The van der Waals surface area contributed by atoms with E-state index in [0.29, 0.717) is 85.0 Å². The summed E-state index contributed by atoms with van der Waals surface area (Å²) in [4.78, 5) is 2.27. The zero-order valence-corrected chi connectivity index (χ0v) is 23.1. The Bertz CT molecular complexity index is 643. The van der Waals surface area contributed by atoms with Crippen molar-refractivity contribution in [3.05, 3.63) is 29.8 Å². The number of fused-ring (bicyclic) bond motifs is 24. The minimum atomic E-state index is -3.61. The van der Waals surface area contributed by atoms with Crippen molar-refractivity contribution in [3.63, 3.8) is 0 Å². The van der Waals surface area contributed by atoms with Crippen molar-refractivity contribution in [2.75, 3.05) is 119 Å². The van der Waals surface area contributed by atoms with Crippen LogP contribution in [0.25, 0.3) is 0 Å². The van der Waals surface area contributed by atoms with Gasteiger partial charge in [-0.05, 0) is 19.1 Å². The summed E-state index contributed by atoms with van der Waals surface area (Å²) < 4.78 is 59.0. The van der Waals surface area contributed by atoms with E-state index in [9.17, 15) is 0 Å². The van der Waals surface area contributed by atoms with Crippen molar-refractivity contribution >= 4 is 9.05 Å². The van der Waals surface area contributed by atoms with Crippen molar-refractivity contribution in [2.45, 2.75) is 6.92 Å². The first-order valence-corrected chi connectivity index (χ1v) is 14.8. The number of hydrogen-bond donors (Lipinski definition) is 0. The number of ether oxygens (including phenoxy) is 6. The Kier molecular flexibility index (Phi) is 15.6. The van der Waals surface area contributed by atoms with Gasteiger partial charge in [0.2, 0.25) is 0 Å². The maximum atomic E-state index is 6.25. The molecule has 0 amide bonds. The minimum Gasteiger partial charge on any atom is -0.480 e. The van der Waals surface area contributed by atoms with Crippen molar-refractivity contribution < 1.29 is 46.1 Å². The Morgan fingerprint density at radius 3 is 1.27 bits per heavy atom. The fraction of sp³-hybridized carbons (Fsp3) is 0.760. The summed E-state index contributed by atoms with van der Waals surface area (Å²) in [7, 11) is -3.61. The number of aryl methyl sites for hydroxylation is 1. The van der Waals surface area contributed by atoms with Gasteiger partial charge in [-0.2, -0.15) is 0 Å². The Morgan fingerprint density at radius 1 is 0.514 bits per heavy atom. The fourth-order valence-electron chi connectivity index (χ4n) is 3.52. The highest BCUT2D eigenvalue weighted by Crippen LogP contribution is 2.20. The zero-order chi connectivity index (χ0) is 25.9. The molecule has 0 radical (unpaired) electrons. The minimum absolute atomic E-state index is 0.245. The number of rotatable bonds is 2. The molecule has 3 aliphatic heterocycles. The van der Waals surface area contributed by atoms with Gasteiger partial charge in [-0.1, -0.05) is 17.7 Å². The lowest BCUT2D eigenvalue weighted by Gasteiger charge is -2.28. The van der Waals surface area contributed by atoms with E-state index in [0.717, 1.165) is 25.2 Å². The average molecular weight is 546 g/mol. The third-order valence-corrected chi connectivity index (χ3v) is 7.71. The molecule has 0 unspecified atom stereocenters. The van der Waals surface area contributed by atoms with Crippen LogP contribution in [0.1, 0.15) is 5.56 Å². The third-order valence-electron chi connectivity index (χ3n) is 5.55. The number of benzene rings is 1. The molecule has 4 rings (SSSR count). The van der Waals surface area contributed by atoms with E-state index < -0.39 is 9.05 Å². The van der Waals surface area contributed by atoms with E-state index in [4.69, 9.17) is 46.1 Å². The molecule has 3 heterocycles. The van der Waals surface area contributed by atoms with Gasteiger partial charge in [0.15, 0.2) is 0 Å². The first kappa shape index (κ1) is 30.4. The molecular formula is C25H43NO10Si. The van der Waals surface area contributed by atoms with Gasteiger partial charge in [0.25, 0.3) is 0 Å². The van der Waals surface area contributed by atoms with E-state index >= 15 is 0 Å². The average Bonchev–Trinajstić information content (AvgIpc) is 2.90. The second-order valence-corrected chi connectivity index (χ2v) is 10.5. The van der Waals surface area contributed by atoms with E-state index in [1.165, 1.54) is 0 Å². The van der Waals surface area contributed by atoms with E-state index in [1.54, 1.807) is 0 Å². The molecule has 0 N–H and O–H groups in total. The smallest absolute Gasteiger partial charge is 0.480 e. The van der Waals surface area contributed by atoms with Crippen LogP contribution in [0.2, 0.25) is 0 Å². The van der Waals surface area contributed by atoms with Gasteiger partial charge in [0.1, 0.15) is 5.75 Å². The zero-order valence-electron chi connectivity index (χ0n) is 22.1. The van der Waals surface area contributed by atoms with Gasteiger partial charge < -0.3 is 46.1 Å². The molecule has 0 atom stereocenters. The quantitative estimate of drug-likeness (QED) is 0.397. The maximum absolute atomic E-state index is 6.25. The maximum Gasteiger partial charge on any atom is 0.749 e. The SMILES string of the molecule is Cc1ccc(O[Si]23OCCOCCOCCN(CCOCCOCCO2)CCOCCOCCO3)cc1. The molecule has 0 aliphatic carbocycles. The van der Waals surface area contributed by atoms with Crippen LogP contribution in [-0.4, -0.2) is 133 Å². The van der Waals surface area contributed by atoms with Gasteiger partial charge in [-0.15, -0.1) is 0 Å². The predicted molar refractivity (Wildman–Crippen MR) is 137 cm³/mol. The van der Waals surface area contributed by atoms with Gasteiger partial charge in [-0.3, -0.25) is 4.90 Å². The first-order chi connectivity index (χ1) is 18.3. The van der Waals surface area contributed by atoms with E-state index in [1.807, 2.05) is 31.2 Å². The van der Waals surface area contributed by atoms with Crippen molar-refractivity contribution in [1.82, 2.24) is 4.90 Å². The number of hydrogen-bond acceptors (Lipinski definition) is 11. The molecule has 2 bridgehead atoms. The fourth-order valence-corrected chi connectivity index (χ4v) is 5.37. The van der Waals surface area contributed by atoms with Crippen LogP contribution in [0, 0.1) is 6.92 Å². The summed E-state index contributed by atoms with van der Waals surface area (Å²) in [5.74, 6) is 0.605. The van der Waals surface area contributed by atoms with Gasteiger partial charge in [0, 0.05) is 19.6 Å². The summed E-state index contributed by atoms with van der Waals surface area (Å²) in [5, 5.41) is 0. The largest absolute Gasteiger partial charge is 0.749 e. The molecule has 3 fully saturated rings. The summed E-state index contributed by atoms with van der Waals surface area (Å²) in [5.41, 5.74) is 1.12. The topological polar surface area (TPSA) is 95.5 Å². The third kappa shape index (κ3) is 13.5. The monoisotopic (exact) mass is 545 g/mol. The molecule has 212 valence electrons. The van der Waals surface area contributed by atoms with Crippen molar-refractivity contribution in [1.29, 1.82) is 0 Å². The van der Waals surface area contributed by atoms with Crippen LogP contribution < -0.4 is 4.43 Å². The Morgan fingerprint density at radius 2 is 0.865 bits per heavy atom. The van der Waals surface area contributed by atoms with Gasteiger partial charge in [-0.25, -0.2) is 0 Å². The molecular weight excluding hydrogens is 502 g/mol. The molecule has 3 saturated heterocycles. The molecule has 12 heteroatoms. The normalized spacial score (nSPS) is 27.8. The van der Waals surface area contributed by atoms with Gasteiger partial charge >= 0.3 is 9.05 Å². The first-order valence-electron chi connectivity index (χ1n) is 13.1.